The van der Waals surface area contributed by atoms with Gasteiger partial charge in [-0.15, -0.1) is 0 Å². The van der Waals surface area contributed by atoms with Crippen LogP contribution in [0.15, 0.2) is 54.6 Å². The van der Waals surface area contributed by atoms with E-state index in [1.54, 1.807) is 0 Å². The summed E-state index contributed by atoms with van der Waals surface area (Å²) in [7, 11) is 0. The fourth-order valence-electron chi connectivity index (χ4n) is 3.71. The van der Waals surface area contributed by atoms with Crippen molar-refractivity contribution >= 4 is 0 Å². The highest BCUT2D eigenvalue weighted by Gasteiger charge is 1.99. The lowest BCUT2D eigenvalue weighted by Crippen LogP contribution is -1.88. The van der Waals surface area contributed by atoms with Crippen molar-refractivity contribution in [2.75, 3.05) is 0 Å². The van der Waals surface area contributed by atoms with E-state index in [0.717, 1.165) is 0 Å². The van der Waals surface area contributed by atoms with Crippen molar-refractivity contribution in [1.82, 2.24) is 0 Å². The molecular weight excluding hydrogens is 312 g/mol. The summed E-state index contributed by atoms with van der Waals surface area (Å²) in [5.41, 5.74) is 4.16. The molecule has 0 aliphatic carbocycles. The lowest BCUT2D eigenvalue weighted by atomic mass is 9.99. The zero-order valence-electron chi connectivity index (χ0n) is 16.9. The van der Waals surface area contributed by atoms with E-state index in [1.807, 2.05) is 0 Å². The summed E-state index contributed by atoms with van der Waals surface area (Å²) < 4.78 is 0. The lowest BCUT2D eigenvalue weighted by Gasteiger charge is -2.06. The topological polar surface area (TPSA) is 0 Å². The van der Waals surface area contributed by atoms with Gasteiger partial charge in [-0.05, 0) is 29.5 Å². The van der Waals surface area contributed by atoms with Crippen LogP contribution in [0.5, 0.6) is 0 Å². The van der Waals surface area contributed by atoms with Gasteiger partial charge in [-0.2, -0.15) is 0 Å². The Bertz CT molecular complexity index is 570. The first-order chi connectivity index (χ1) is 12.9. The third-order valence-electron chi connectivity index (χ3n) is 5.35. The second-order valence-corrected chi connectivity index (χ2v) is 7.71. The quantitative estimate of drug-likeness (QED) is 0.299. The molecule has 0 aliphatic heterocycles. The van der Waals surface area contributed by atoms with E-state index in [0.29, 0.717) is 0 Å². The maximum absolute atomic E-state index is 2.37. The van der Waals surface area contributed by atoms with Crippen LogP contribution in [0.3, 0.4) is 0 Å². The fourth-order valence-corrected chi connectivity index (χ4v) is 3.71. The van der Waals surface area contributed by atoms with Crippen molar-refractivity contribution < 1.29 is 0 Å². The fraction of sp³-hybridized carbons (Fsp3) is 0.538. The van der Waals surface area contributed by atoms with Crippen molar-refractivity contribution in [3.05, 3.63) is 60.2 Å². The Kier molecular flexibility index (Phi) is 10.9. The summed E-state index contributed by atoms with van der Waals surface area (Å²) in [4.78, 5) is 0. The molecule has 0 atom stereocenters. The average molecular weight is 351 g/mol. The van der Waals surface area contributed by atoms with Crippen LogP contribution in [0.25, 0.3) is 11.1 Å². The van der Waals surface area contributed by atoms with E-state index < -0.39 is 0 Å². The summed E-state index contributed by atoms with van der Waals surface area (Å²) in [6.45, 7) is 2.29. The van der Waals surface area contributed by atoms with Gasteiger partial charge in [0, 0.05) is 0 Å². The maximum Gasteiger partial charge on any atom is -0.0181 e. The first kappa shape index (κ1) is 20.7. The largest absolute Gasteiger partial charge is 0.0654 e. The summed E-state index contributed by atoms with van der Waals surface area (Å²) in [6.07, 6.45) is 18.3. The van der Waals surface area contributed by atoms with Crippen molar-refractivity contribution in [3.8, 4) is 11.1 Å². The van der Waals surface area contributed by atoms with Gasteiger partial charge >= 0.3 is 0 Å². The zero-order chi connectivity index (χ0) is 18.3. The van der Waals surface area contributed by atoms with Crippen LogP contribution >= 0.6 is 0 Å². The zero-order valence-corrected chi connectivity index (χ0v) is 16.9. The van der Waals surface area contributed by atoms with Crippen LogP contribution in [0.1, 0.15) is 89.5 Å². The second kappa shape index (κ2) is 13.6. The number of rotatable bonds is 14. The van der Waals surface area contributed by atoms with Crippen LogP contribution in [0.2, 0.25) is 0 Å². The minimum absolute atomic E-state index is 1.22. The molecule has 0 aromatic heterocycles. The van der Waals surface area contributed by atoms with Gasteiger partial charge in [0.05, 0.1) is 0 Å². The summed E-state index contributed by atoms with van der Waals surface area (Å²) in [5, 5.41) is 0. The molecular formula is C26H38. The van der Waals surface area contributed by atoms with Crippen molar-refractivity contribution in [2.24, 2.45) is 0 Å². The van der Waals surface area contributed by atoms with Crippen molar-refractivity contribution in [2.45, 2.75) is 90.4 Å². The van der Waals surface area contributed by atoms with E-state index in [1.165, 1.54) is 100 Å². The molecule has 0 amide bonds. The van der Waals surface area contributed by atoms with Gasteiger partial charge in [-0.1, -0.05) is 132 Å². The molecule has 0 radical (unpaired) electrons. The summed E-state index contributed by atoms with van der Waals surface area (Å²) >= 11 is 0. The molecule has 0 bridgehead atoms. The Labute approximate surface area is 162 Å². The normalized spacial score (nSPS) is 11.0. The van der Waals surface area contributed by atoms with Gasteiger partial charge in [-0.3, -0.25) is 0 Å². The third kappa shape index (κ3) is 8.70. The van der Waals surface area contributed by atoms with Crippen LogP contribution in [-0.2, 0) is 6.42 Å². The predicted molar refractivity (Wildman–Crippen MR) is 117 cm³/mol. The monoisotopic (exact) mass is 350 g/mol. The smallest absolute Gasteiger partial charge is 0.0181 e. The number of benzene rings is 2. The van der Waals surface area contributed by atoms with Crippen LogP contribution in [-0.4, -0.2) is 0 Å². The molecule has 0 nitrogen and oxygen atoms in total. The molecule has 26 heavy (non-hydrogen) atoms. The van der Waals surface area contributed by atoms with E-state index in [-0.39, 0.29) is 0 Å². The molecule has 142 valence electrons. The van der Waals surface area contributed by atoms with Crippen LogP contribution < -0.4 is 0 Å². The first-order valence-electron chi connectivity index (χ1n) is 11.0. The predicted octanol–water partition coefficient (Wildman–Crippen LogP) is 8.60. The first-order valence-corrected chi connectivity index (χ1v) is 11.0. The van der Waals surface area contributed by atoms with E-state index in [9.17, 15) is 0 Å². The van der Waals surface area contributed by atoms with Crippen molar-refractivity contribution in [1.29, 1.82) is 0 Å². The summed E-state index contributed by atoms with van der Waals surface area (Å²) in [5.74, 6) is 0. The third-order valence-corrected chi connectivity index (χ3v) is 5.35. The molecule has 0 saturated heterocycles. The standard InChI is InChI=1S/C26H38/c1-2-3-4-5-6-7-8-9-10-11-12-14-18-24-19-17-22-26(23-24)25-20-15-13-16-21-25/h13,15-17,19-23H,2-12,14,18H2,1H3. The molecule has 0 saturated carbocycles. The Hall–Kier alpha value is -1.56. The Morgan fingerprint density at radius 2 is 1.04 bits per heavy atom. The highest BCUT2D eigenvalue weighted by atomic mass is 14.0. The Morgan fingerprint density at radius 1 is 0.500 bits per heavy atom. The Balaban J connectivity index is 1.51. The minimum atomic E-state index is 1.22. The Morgan fingerprint density at radius 3 is 1.65 bits per heavy atom. The molecule has 0 heterocycles. The van der Waals surface area contributed by atoms with Crippen LogP contribution in [0.4, 0.5) is 0 Å². The highest BCUT2D eigenvalue weighted by molar-refractivity contribution is 5.63. The highest BCUT2D eigenvalue weighted by Crippen LogP contribution is 2.21. The molecule has 0 spiro atoms. The number of unbranched alkanes of at least 4 members (excludes halogenated alkanes) is 11. The van der Waals surface area contributed by atoms with Gasteiger partial charge in [0.25, 0.3) is 0 Å². The molecule has 0 unspecified atom stereocenters. The molecule has 2 aromatic carbocycles. The van der Waals surface area contributed by atoms with Gasteiger partial charge in [0.2, 0.25) is 0 Å². The molecule has 2 rings (SSSR count). The maximum atomic E-state index is 2.37. The van der Waals surface area contributed by atoms with Gasteiger partial charge < -0.3 is 0 Å². The number of hydrogen-bond donors (Lipinski definition) is 0. The number of hydrogen-bond acceptors (Lipinski definition) is 0. The molecule has 0 fully saturated rings. The number of aryl methyl sites for hydroxylation is 1. The summed E-state index contributed by atoms with van der Waals surface area (Å²) in [6, 6.07) is 19.8. The van der Waals surface area contributed by atoms with Gasteiger partial charge in [0.15, 0.2) is 0 Å². The lowest BCUT2D eigenvalue weighted by molar-refractivity contribution is 0.544. The minimum Gasteiger partial charge on any atom is -0.0654 e. The average Bonchev–Trinajstić information content (AvgIpc) is 2.70. The molecule has 0 aliphatic rings. The van der Waals surface area contributed by atoms with E-state index >= 15 is 0 Å². The molecule has 0 heteroatoms. The van der Waals surface area contributed by atoms with E-state index in [4.69, 9.17) is 0 Å². The van der Waals surface area contributed by atoms with Crippen molar-refractivity contribution in [3.63, 3.8) is 0 Å². The molecule has 0 N–H and O–H groups in total. The van der Waals surface area contributed by atoms with Crippen LogP contribution in [0, 0.1) is 0 Å². The SMILES string of the molecule is CCCCCCCCCCCCCCc1cccc(-c2ccccc2)c1. The second-order valence-electron chi connectivity index (χ2n) is 7.71. The van der Waals surface area contributed by atoms with Gasteiger partial charge in [-0.25, -0.2) is 0 Å². The van der Waals surface area contributed by atoms with Gasteiger partial charge in [0.1, 0.15) is 0 Å². The molecule has 2 aromatic rings. The van der Waals surface area contributed by atoms with E-state index in [2.05, 4.69) is 61.5 Å².